The number of furan rings is 1. The maximum absolute atomic E-state index is 6.17. The number of fused-ring (bicyclic) bond motifs is 21. The van der Waals surface area contributed by atoms with Crippen LogP contribution in [-0.4, -0.2) is 18.3 Å². The zero-order chi connectivity index (χ0) is 89.1. The van der Waals surface area contributed by atoms with Crippen molar-refractivity contribution >= 4 is 204 Å². The number of hydrogen-bond acceptors (Lipinski definition) is 2. The van der Waals surface area contributed by atoms with Crippen LogP contribution in [0.25, 0.3) is 219 Å². The number of para-hydroxylation sites is 7. The first kappa shape index (κ1) is 81.7. The molecule has 0 saturated heterocycles. The Morgan fingerprint density at radius 2 is 0.519 bits per heavy atom. The molecule has 10 heteroatoms. The third-order valence-corrected chi connectivity index (χ3v) is 29.8. The largest absolute Gasteiger partial charge is 0.456 e. The van der Waals surface area contributed by atoms with Gasteiger partial charge in [-0.05, 0) is 272 Å². The summed E-state index contributed by atoms with van der Waals surface area (Å²) in [5, 5.41) is 15.1. The highest BCUT2D eigenvalue weighted by Crippen LogP contribution is 2.52. The monoisotopic (exact) mass is 1980 g/mol. The molecule has 133 heavy (non-hydrogen) atoms. The minimum Gasteiger partial charge on any atom is -0.456 e. The highest BCUT2D eigenvalue weighted by molar-refractivity contribution is 9.11. The number of rotatable bonds is 9. The highest BCUT2D eigenvalue weighted by atomic mass is 79.9. The lowest BCUT2D eigenvalue weighted by atomic mass is 9.81. The van der Waals surface area contributed by atoms with Gasteiger partial charge in [-0.15, -0.1) is 11.3 Å². The van der Waals surface area contributed by atoms with Crippen LogP contribution >= 0.6 is 75.1 Å². The second-order valence-electron chi connectivity index (χ2n) is 34.8. The van der Waals surface area contributed by atoms with Gasteiger partial charge >= 0.3 is 0 Å². The van der Waals surface area contributed by atoms with E-state index in [0.29, 0.717) is 0 Å². The summed E-state index contributed by atoms with van der Waals surface area (Å²) in [5.41, 5.74) is 34.0. The fourth-order valence-corrected chi connectivity index (χ4v) is 22.9. The molecule has 0 fully saturated rings. The molecule has 0 bridgehead atoms. The Bertz CT molecular complexity index is 9080. The Labute approximate surface area is 806 Å². The van der Waals surface area contributed by atoms with Gasteiger partial charge in [0, 0.05) is 120 Å². The summed E-state index contributed by atoms with van der Waals surface area (Å²) >= 11 is 16.3. The first-order valence-corrected chi connectivity index (χ1v) is 48.7. The first-order chi connectivity index (χ1) is 65.3. The molecule has 0 unspecified atom stereocenters. The van der Waals surface area contributed by atoms with E-state index in [2.05, 4.69) is 533 Å². The topological polar surface area (TPSA) is 32.9 Å². The number of halogens is 4. The second kappa shape index (κ2) is 33.7. The van der Waals surface area contributed by atoms with Crippen molar-refractivity contribution in [1.29, 1.82) is 0 Å². The molecule has 5 nitrogen and oxygen atoms in total. The van der Waals surface area contributed by atoms with Gasteiger partial charge in [-0.2, -0.15) is 0 Å². The maximum Gasteiger partial charge on any atom is 0.136 e. The lowest BCUT2D eigenvalue weighted by Crippen LogP contribution is -2.15. The average Bonchev–Trinajstić information content (AvgIpc) is 1.56. The SMILES string of the molecule is Brc1ccc(-c2ccc3c(c2)c2cc(-c4ccccc4)ccc2n3-c2ccccc2)cc1.Brc1ccc2c(c1)sc1ccc(-c3ccc4c5ccccc5n(-c5ccccc5)c4c3)cc12.Brc1ccc2oc3cc(-c4ccc5c6ccccc6n(-c6ccccc6)c5c4)ccc3c2c1.CC1(C)c2cc(Br)ccc2-c2ccc(-c3ccc4c5ccccc5n(-c5ccccc5)c4c3)cc21. The highest BCUT2D eigenvalue weighted by Gasteiger charge is 2.36. The fraction of sp³-hybridized carbons (Fsp3) is 0.0244. The summed E-state index contributed by atoms with van der Waals surface area (Å²) in [7, 11) is 0. The Kier molecular flexibility index (Phi) is 20.7. The Morgan fingerprint density at radius 3 is 1.03 bits per heavy atom. The molecule has 6 aromatic heterocycles. The van der Waals surface area contributed by atoms with E-state index in [1.807, 2.05) is 23.5 Å². The zero-order valence-corrected chi connectivity index (χ0v) is 79.5. The molecular weight excluding hydrogens is 1900 g/mol. The van der Waals surface area contributed by atoms with Crippen LogP contribution in [0.4, 0.5) is 0 Å². The van der Waals surface area contributed by atoms with E-state index >= 15 is 0 Å². The molecular formula is C123H80Br4N4OS. The van der Waals surface area contributed by atoms with Crippen LogP contribution in [-0.2, 0) is 5.41 Å². The van der Waals surface area contributed by atoms with Gasteiger partial charge in [-0.3, -0.25) is 0 Å². The summed E-state index contributed by atoms with van der Waals surface area (Å²) in [5.74, 6) is 0. The molecule has 0 spiro atoms. The van der Waals surface area contributed by atoms with Gasteiger partial charge in [-0.25, -0.2) is 0 Å². The van der Waals surface area contributed by atoms with Crippen molar-refractivity contribution in [3.05, 3.63) is 478 Å². The quantitative estimate of drug-likeness (QED) is 0.142. The van der Waals surface area contributed by atoms with Crippen molar-refractivity contribution < 1.29 is 4.42 Å². The van der Waals surface area contributed by atoms with E-state index in [1.165, 1.54) is 202 Å². The van der Waals surface area contributed by atoms with E-state index in [1.54, 1.807) is 0 Å². The van der Waals surface area contributed by atoms with E-state index in [4.69, 9.17) is 4.42 Å². The van der Waals surface area contributed by atoms with Crippen LogP contribution in [0, 0.1) is 0 Å². The van der Waals surface area contributed by atoms with Crippen molar-refractivity contribution in [2.75, 3.05) is 0 Å². The Balaban J connectivity index is 0.0000000976. The lowest BCUT2D eigenvalue weighted by molar-refractivity contribution is 0.660. The van der Waals surface area contributed by atoms with Crippen molar-refractivity contribution in [1.82, 2.24) is 18.3 Å². The number of nitrogens with zero attached hydrogens (tertiary/aromatic N) is 4. The molecule has 0 saturated carbocycles. The smallest absolute Gasteiger partial charge is 0.136 e. The van der Waals surface area contributed by atoms with Crippen LogP contribution in [0.2, 0.25) is 0 Å². The fourth-order valence-electron chi connectivity index (χ4n) is 20.3. The lowest BCUT2D eigenvalue weighted by Gasteiger charge is -2.22. The average molecular weight is 1980 g/mol. The molecule has 27 rings (SSSR count). The summed E-state index contributed by atoms with van der Waals surface area (Å²) in [6.07, 6.45) is 0. The molecule has 632 valence electrons. The third kappa shape index (κ3) is 14.6. The van der Waals surface area contributed by atoms with Crippen molar-refractivity contribution in [3.8, 4) is 89.5 Å². The predicted molar refractivity (Wildman–Crippen MR) is 579 cm³/mol. The van der Waals surface area contributed by atoms with Crippen LogP contribution in [0.1, 0.15) is 25.0 Å². The minimum absolute atomic E-state index is 0.0342. The number of hydrogen-bond donors (Lipinski definition) is 0. The molecule has 1 aliphatic carbocycles. The van der Waals surface area contributed by atoms with Crippen molar-refractivity contribution in [2.24, 2.45) is 0 Å². The van der Waals surface area contributed by atoms with Crippen LogP contribution in [0.15, 0.2) is 471 Å². The van der Waals surface area contributed by atoms with Crippen molar-refractivity contribution in [3.63, 3.8) is 0 Å². The predicted octanol–water partition coefficient (Wildman–Crippen LogP) is 37.1. The van der Waals surface area contributed by atoms with Gasteiger partial charge in [0.15, 0.2) is 0 Å². The van der Waals surface area contributed by atoms with E-state index < -0.39 is 0 Å². The van der Waals surface area contributed by atoms with Gasteiger partial charge in [-0.1, -0.05) is 332 Å². The molecule has 0 N–H and O–H groups in total. The van der Waals surface area contributed by atoms with E-state index in [9.17, 15) is 0 Å². The molecule has 0 radical (unpaired) electrons. The van der Waals surface area contributed by atoms with Gasteiger partial charge < -0.3 is 22.7 Å². The van der Waals surface area contributed by atoms with E-state index in [-0.39, 0.29) is 5.41 Å². The number of aromatic nitrogens is 4. The molecule has 0 aliphatic heterocycles. The van der Waals surface area contributed by atoms with Gasteiger partial charge in [0.25, 0.3) is 0 Å². The first-order valence-electron chi connectivity index (χ1n) is 44.7. The van der Waals surface area contributed by atoms with Gasteiger partial charge in [0.2, 0.25) is 0 Å². The Morgan fingerprint density at radius 1 is 0.195 bits per heavy atom. The molecule has 0 atom stereocenters. The normalized spacial score (nSPS) is 12.2. The molecule has 6 heterocycles. The van der Waals surface area contributed by atoms with Crippen molar-refractivity contribution in [2.45, 2.75) is 19.3 Å². The molecule has 0 amide bonds. The van der Waals surface area contributed by atoms with Gasteiger partial charge in [0.05, 0.1) is 44.1 Å². The standard InChI is InChI=1S/C33H24BrN.C30H18BrNO.C30H18BrNS.C30H20BrN/c1-33(2)29-18-21(12-15-25(29)26-17-14-23(34)20-30(26)33)22-13-16-28-27-10-6-7-11-31(27)35(32(28)19-22)24-8-4-3-5-9-24;31-21-12-15-29-26(18-21)25-14-11-20(17-30(25)33-29)19-10-13-24-23-8-4-5-9-27(23)32(28(24)16-19)22-6-2-1-3-7-22;31-21-12-14-25-26-16-19(11-15-29(26)33-30(25)18-21)20-10-13-24-23-8-4-5-9-27(23)32(28(24)17-20)22-6-2-1-3-7-22;31-25-15-11-22(12-16-25)24-14-18-30-28(20-24)27-19-23(21-7-3-1-4-8-21)13-17-29(27)32(30)26-9-5-2-6-10-26/h3-20H,1-2H3;2*1-18H;1-20H. The third-order valence-electron chi connectivity index (χ3n) is 26.6. The summed E-state index contributed by atoms with van der Waals surface area (Å²) in [6.45, 7) is 4.68. The van der Waals surface area contributed by atoms with Crippen LogP contribution in [0.3, 0.4) is 0 Å². The van der Waals surface area contributed by atoms with E-state index in [0.717, 1.165) is 45.4 Å². The Hall–Kier alpha value is -14.5. The maximum atomic E-state index is 6.17. The summed E-state index contributed by atoms with van der Waals surface area (Å²) in [4.78, 5) is 0. The minimum atomic E-state index is -0.0342. The van der Waals surface area contributed by atoms with Crippen LogP contribution in [0.5, 0.6) is 0 Å². The van der Waals surface area contributed by atoms with Crippen LogP contribution < -0.4 is 0 Å². The molecule has 20 aromatic carbocycles. The number of benzene rings is 20. The zero-order valence-electron chi connectivity index (χ0n) is 72.3. The molecule has 1 aliphatic rings. The van der Waals surface area contributed by atoms with Gasteiger partial charge in [0.1, 0.15) is 11.2 Å². The molecule has 26 aromatic rings. The summed E-state index contributed by atoms with van der Waals surface area (Å²) < 4.78 is 22.7. The second-order valence-corrected chi connectivity index (χ2v) is 39.5. The number of thiophene rings is 1. The summed E-state index contributed by atoms with van der Waals surface area (Å²) in [6, 6.07) is 162.